The fourth-order valence-corrected chi connectivity index (χ4v) is 3.77. The average molecular weight is 379 g/mol. The lowest BCUT2D eigenvalue weighted by atomic mass is 10.1. The molecule has 140 valence electrons. The third-order valence-corrected chi connectivity index (χ3v) is 5.43. The third kappa shape index (κ3) is 4.21. The van der Waals surface area contributed by atoms with Crippen LogP contribution in [0.25, 0.3) is 11.5 Å². The van der Waals surface area contributed by atoms with Crippen LogP contribution in [-0.4, -0.2) is 54.9 Å². The number of hydrogen-bond donors (Lipinski definition) is 0. The Morgan fingerprint density at radius 2 is 1.85 bits per heavy atom. The fourth-order valence-electron chi connectivity index (χ4n) is 2.77. The number of rotatable bonds is 6. The van der Waals surface area contributed by atoms with E-state index in [4.69, 9.17) is 9.15 Å². The van der Waals surface area contributed by atoms with Gasteiger partial charge in [-0.15, -0.1) is 5.10 Å². The van der Waals surface area contributed by atoms with Crippen LogP contribution >= 0.6 is 0 Å². The van der Waals surface area contributed by atoms with E-state index in [-0.39, 0.29) is 5.89 Å². The van der Waals surface area contributed by atoms with Gasteiger partial charge in [0, 0.05) is 18.7 Å². The Morgan fingerprint density at radius 1 is 1.15 bits per heavy atom. The minimum absolute atomic E-state index is 0.0806. The van der Waals surface area contributed by atoms with E-state index in [2.05, 4.69) is 10.2 Å². The van der Waals surface area contributed by atoms with Crippen molar-refractivity contribution in [1.29, 1.82) is 0 Å². The second-order valence-corrected chi connectivity index (χ2v) is 7.90. The zero-order valence-corrected chi connectivity index (χ0v) is 15.4. The number of piperidine rings is 1. The Kier molecular flexibility index (Phi) is 5.55. The Balaban J connectivity index is 1.72. The van der Waals surface area contributed by atoms with E-state index in [1.807, 2.05) is 6.92 Å². The first-order valence-corrected chi connectivity index (χ1v) is 10.2. The smallest absolute Gasteiger partial charge is 0.336 e. The molecule has 0 radical (unpaired) electrons. The largest absolute Gasteiger partial charge is 0.494 e. The molecule has 0 aliphatic carbocycles. The average Bonchev–Trinajstić information content (AvgIpc) is 3.14. The van der Waals surface area contributed by atoms with Gasteiger partial charge in [-0.25, -0.2) is 8.42 Å². The number of nitrogens with zero attached hydrogens (tertiary/aromatic N) is 3. The summed E-state index contributed by atoms with van der Waals surface area (Å²) in [5.41, 5.74) is 0.574. The summed E-state index contributed by atoms with van der Waals surface area (Å²) in [5, 5.41) is 6.87. The number of amides is 1. The van der Waals surface area contributed by atoms with E-state index in [9.17, 15) is 13.2 Å². The van der Waals surface area contributed by atoms with Gasteiger partial charge in [-0.3, -0.25) is 4.79 Å². The van der Waals surface area contributed by atoms with Crippen LogP contribution in [-0.2, 0) is 14.6 Å². The molecule has 0 N–H and O–H groups in total. The molecular weight excluding hydrogens is 358 g/mol. The molecule has 1 amide bonds. The molecule has 0 bridgehead atoms. The number of carbonyl (C=O) groups excluding carboxylic acids is 1. The molecule has 0 unspecified atom stereocenters. The maximum Gasteiger partial charge on any atom is 0.336 e. The predicted octanol–water partition coefficient (Wildman–Crippen LogP) is 1.92. The van der Waals surface area contributed by atoms with Crippen molar-refractivity contribution in [3.05, 3.63) is 24.3 Å². The number of ether oxygens (including phenoxy) is 1. The van der Waals surface area contributed by atoms with Gasteiger partial charge in [-0.1, -0.05) is 5.10 Å². The molecule has 26 heavy (non-hydrogen) atoms. The zero-order chi connectivity index (χ0) is 18.6. The monoisotopic (exact) mass is 379 g/mol. The highest BCUT2D eigenvalue weighted by atomic mass is 32.2. The number of hydrogen-bond acceptors (Lipinski definition) is 7. The number of carbonyl (C=O) groups is 1. The standard InChI is InChI=1S/C17H21N3O5S/c1-2-24-14-8-6-13(7-9-14)16-18-19-17(25-16)26(22,23)12-15(21)20-10-4-3-5-11-20/h6-9H,2-5,10-12H2,1H3. The van der Waals surface area contributed by atoms with Crippen LogP contribution in [0.15, 0.2) is 33.9 Å². The fraction of sp³-hybridized carbons (Fsp3) is 0.471. The van der Waals surface area contributed by atoms with Gasteiger partial charge in [-0.2, -0.15) is 0 Å². The SMILES string of the molecule is CCOc1ccc(-c2nnc(S(=O)(=O)CC(=O)N3CCCCC3)o2)cc1. The van der Waals surface area contributed by atoms with Crippen molar-refractivity contribution in [2.24, 2.45) is 0 Å². The van der Waals surface area contributed by atoms with Crippen LogP contribution in [0.1, 0.15) is 26.2 Å². The highest BCUT2D eigenvalue weighted by Gasteiger charge is 2.29. The molecule has 3 rings (SSSR count). The summed E-state index contributed by atoms with van der Waals surface area (Å²) in [7, 11) is -3.97. The number of benzene rings is 1. The minimum atomic E-state index is -3.97. The molecular formula is C17H21N3O5S. The molecule has 1 fully saturated rings. The van der Waals surface area contributed by atoms with Crippen molar-refractivity contribution in [2.45, 2.75) is 31.4 Å². The maximum atomic E-state index is 12.4. The van der Waals surface area contributed by atoms with Crippen LogP contribution in [0.2, 0.25) is 0 Å². The van der Waals surface area contributed by atoms with Gasteiger partial charge < -0.3 is 14.1 Å². The van der Waals surface area contributed by atoms with Crippen molar-refractivity contribution < 1.29 is 22.4 Å². The van der Waals surface area contributed by atoms with E-state index in [0.29, 0.717) is 31.0 Å². The topological polar surface area (TPSA) is 103 Å². The molecule has 1 aromatic heterocycles. The Morgan fingerprint density at radius 3 is 2.50 bits per heavy atom. The minimum Gasteiger partial charge on any atom is -0.494 e. The van der Waals surface area contributed by atoms with Crippen molar-refractivity contribution in [3.63, 3.8) is 0 Å². The van der Waals surface area contributed by atoms with E-state index in [0.717, 1.165) is 19.3 Å². The summed E-state index contributed by atoms with van der Waals surface area (Å²) in [4.78, 5) is 13.8. The van der Waals surface area contributed by atoms with Gasteiger partial charge in [0.1, 0.15) is 11.5 Å². The highest BCUT2D eigenvalue weighted by Crippen LogP contribution is 2.23. The van der Waals surface area contributed by atoms with E-state index in [1.54, 1.807) is 29.2 Å². The molecule has 0 saturated carbocycles. The number of likely N-dealkylation sites (tertiary alicyclic amines) is 1. The van der Waals surface area contributed by atoms with Gasteiger partial charge >= 0.3 is 5.22 Å². The molecule has 1 saturated heterocycles. The molecule has 1 aliphatic heterocycles. The predicted molar refractivity (Wildman–Crippen MR) is 93.4 cm³/mol. The summed E-state index contributed by atoms with van der Waals surface area (Å²) in [6, 6.07) is 6.87. The molecule has 0 spiro atoms. The molecule has 2 heterocycles. The summed E-state index contributed by atoms with van der Waals surface area (Å²) < 4.78 is 35.5. The highest BCUT2D eigenvalue weighted by molar-refractivity contribution is 7.91. The van der Waals surface area contributed by atoms with E-state index < -0.39 is 26.7 Å². The van der Waals surface area contributed by atoms with Gasteiger partial charge in [0.05, 0.1) is 6.61 Å². The molecule has 1 aliphatic rings. The van der Waals surface area contributed by atoms with Crippen molar-refractivity contribution >= 4 is 15.7 Å². The third-order valence-electron chi connectivity index (χ3n) is 4.11. The number of aromatic nitrogens is 2. The molecule has 9 heteroatoms. The number of sulfone groups is 1. The van der Waals surface area contributed by atoms with Crippen LogP contribution in [0.3, 0.4) is 0 Å². The van der Waals surface area contributed by atoms with Gasteiger partial charge in [0.25, 0.3) is 0 Å². The Labute approximate surface area is 152 Å². The van der Waals surface area contributed by atoms with Gasteiger partial charge in [-0.05, 0) is 50.5 Å². The lowest BCUT2D eigenvalue weighted by Gasteiger charge is -2.26. The zero-order valence-electron chi connectivity index (χ0n) is 14.6. The van der Waals surface area contributed by atoms with E-state index in [1.165, 1.54) is 0 Å². The first kappa shape index (κ1) is 18.4. The molecule has 1 aromatic carbocycles. The van der Waals surface area contributed by atoms with Crippen molar-refractivity contribution in [3.8, 4) is 17.2 Å². The van der Waals surface area contributed by atoms with Crippen molar-refractivity contribution in [1.82, 2.24) is 15.1 Å². The van der Waals surface area contributed by atoms with E-state index >= 15 is 0 Å². The molecule has 8 nitrogen and oxygen atoms in total. The van der Waals surface area contributed by atoms with Crippen LogP contribution in [0.5, 0.6) is 5.75 Å². The quantitative estimate of drug-likeness (QED) is 0.755. The second kappa shape index (κ2) is 7.86. The second-order valence-electron chi connectivity index (χ2n) is 6.03. The maximum absolute atomic E-state index is 12.4. The lowest BCUT2D eigenvalue weighted by Crippen LogP contribution is -2.39. The summed E-state index contributed by atoms with van der Waals surface area (Å²) in [6.07, 6.45) is 2.86. The summed E-state index contributed by atoms with van der Waals surface area (Å²) in [5.74, 6) is -0.309. The van der Waals surface area contributed by atoms with Crippen LogP contribution < -0.4 is 4.74 Å². The Hall–Kier alpha value is -2.42. The lowest BCUT2D eigenvalue weighted by molar-refractivity contribution is -0.129. The summed E-state index contributed by atoms with van der Waals surface area (Å²) >= 11 is 0. The van der Waals surface area contributed by atoms with Gasteiger partial charge in [0.15, 0.2) is 0 Å². The van der Waals surface area contributed by atoms with Crippen LogP contribution in [0, 0.1) is 0 Å². The molecule has 0 atom stereocenters. The van der Waals surface area contributed by atoms with Crippen molar-refractivity contribution in [2.75, 3.05) is 25.4 Å². The van der Waals surface area contributed by atoms with Crippen LogP contribution in [0.4, 0.5) is 0 Å². The summed E-state index contributed by atoms with van der Waals surface area (Å²) in [6.45, 7) is 3.62. The Bertz CT molecular complexity index is 855. The first-order valence-electron chi connectivity index (χ1n) is 8.57. The normalized spacial score (nSPS) is 15.0. The van der Waals surface area contributed by atoms with Gasteiger partial charge in [0.2, 0.25) is 21.6 Å². The first-order chi connectivity index (χ1) is 12.5. The molecule has 2 aromatic rings.